The van der Waals surface area contributed by atoms with Gasteiger partial charge in [-0.1, -0.05) is 13.8 Å². The molecule has 0 aromatic carbocycles. The second-order valence-corrected chi connectivity index (χ2v) is 7.71. The summed E-state index contributed by atoms with van der Waals surface area (Å²) < 4.78 is 28.1. The van der Waals surface area contributed by atoms with Crippen LogP contribution in [0.15, 0.2) is 17.3 Å². The van der Waals surface area contributed by atoms with Gasteiger partial charge in [0, 0.05) is 12.2 Å². The molecule has 1 fully saturated rings. The van der Waals surface area contributed by atoms with Crippen LogP contribution in [0.4, 0.5) is 0 Å². The van der Waals surface area contributed by atoms with Gasteiger partial charge in [0.2, 0.25) is 10.0 Å². The second kappa shape index (κ2) is 5.17. The van der Waals surface area contributed by atoms with Gasteiger partial charge in [0.25, 0.3) is 0 Å². The summed E-state index contributed by atoms with van der Waals surface area (Å²) >= 11 is 0. The number of carboxylic acids is 1. The van der Waals surface area contributed by atoms with E-state index in [2.05, 4.69) is 23.7 Å². The van der Waals surface area contributed by atoms with Crippen LogP contribution in [-0.4, -0.2) is 35.3 Å². The molecule has 112 valence electrons. The molecule has 1 heterocycles. The van der Waals surface area contributed by atoms with E-state index in [0.29, 0.717) is 0 Å². The lowest BCUT2D eigenvalue weighted by atomic mass is 9.92. The Morgan fingerprint density at radius 1 is 1.60 bits per heavy atom. The van der Waals surface area contributed by atoms with Crippen molar-refractivity contribution in [1.29, 1.82) is 0 Å². The third-order valence-corrected chi connectivity index (χ3v) is 4.98. The van der Waals surface area contributed by atoms with E-state index in [4.69, 9.17) is 5.11 Å². The summed E-state index contributed by atoms with van der Waals surface area (Å²) in [6, 6.07) is -0.0715. The van der Waals surface area contributed by atoms with E-state index in [1.54, 1.807) is 0 Å². The molecule has 0 bridgehead atoms. The first kappa shape index (κ1) is 15.0. The highest BCUT2D eigenvalue weighted by Crippen LogP contribution is 2.37. The van der Waals surface area contributed by atoms with Crippen molar-refractivity contribution in [1.82, 2.24) is 14.5 Å². The van der Waals surface area contributed by atoms with Gasteiger partial charge in [0.1, 0.15) is 11.4 Å². The van der Waals surface area contributed by atoms with E-state index >= 15 is 0 Å². The van der Waals surface area contributed by atoms with E-state index in [1.165, 1.54) is 12.4 Å². The fourth-order valence-electron chi connectivity index (χ4n) is 2.53. The molecule has 8 heteroatoms. The molecule has 2 rings (SSSR count). The van der Waals surface area contributed by atoms with Crippen molar-refractivity contribution in [2.45, 2.75) is 50.6 Å². The number of hydrogen-bond donors (Lipinski definition) is 2. The van der Waals surface area contributed by atoms with E-state index < -0.39 is 16.0 Å². The molecule has 2 N–H and O–H groups in total. The summed E-state index contributed by atoms with van der Waals surface area (Å²) in [6.45, 7) is 3.88. The molecule has 1 aromatic heterocycles. The zero-order valence-electron chi connectivity index (χ0n) is 11.5. The lowest BCUT2D eigenvalue weighted by Crippen LogP contribution is -2.33. The van der Waals surface area contributed by atoms with Crippen molar-refractivity contribution in [2.24, 2.45) is 5.41 Å². The summed E-state index contributed by atoms with van der Waals surface area (Å²) in [5, 5.41) is 12.4. The lowest BCUT2D eigenvalue weighted by molar-refractivity contribution is -0.137. The van der Waals surface area contributed by atoms with Crippen LogP contribution in [0.1, 0.15) is 33.1 Å². The zero-order valence-corrected chi connectivity index (χ0v) is 12.4. The summed E-state index contributed by atoms with van der Waals surface area (Å²) in [5.41, 5.74) is 0.153. The number of carboxylic acid groups (broad SMARTS) is 1. The van der Waals surface area contributed by atoms with Gasteiger partial charge in [-0.05, 0) is 24.7 Å². The minimum absolute atomic E-state index is 0.00320. The summed E-state index contributed by atoms with van der Waals surface area (Å²) in [5.74, 6) is -1.07. The Balaban J connectivity index is 2.07. The van der Waals surface area contributed by atoms with Gasteiger partial charge in [-0.15, -0.1) is 0 Å². The Morgan fingerprint density at radius 2 is 2.30 bits per heavy atom. The van der Waals surface area contributed by atoms with Gasteiger partial charge in [-0.3, -0.25) is 9.48 Å². The average molecular weight is 301 g/mol. The number of rotatable bonds is 5. The van der Waals surface area contributed by atoms with Crippen molar-refractivity contribution in [2.75, 3.05) is 0 Å². The van der Waals surface area contributed by atoms with Crippen LogP contribution in [0.5, 0.6) is 0 Å². The number of hydrogen-bond acceptors (Lipinski definition) is 4. The van der Waals surface area contributed by atoms with Crippen LogP contribution in [0.3, 0.4) is 0 Å². The van der Waals surface area contributed by atoms with Crippen LogP contribution < -0.4 is 4.72 Å². The largest absolute Gasteiger partial charge is 0.480 e. The van der Waals surface area contributed by atoms with Gasteiger partial charge in [0.15, 0.2) is 0 Å². The maximum atomic E-state index is 12.2. The van der Waals surface area contributed by atoms with Crippen LogP contribution >= 0.6 is 0 Å². The highest BCUT2D eigenvalue weighted by Gasteiger charge is 2.33. The quantitative estimate of drug-likeness (QED) is 0.838. The van der Waals surface area contributed by atoms with Gasteiger partial charge in [-0.25, -0.2) is 13.1 Å². The summed E-state index contributed by atoms with van der Waals surface area (Å²) in [4.78, 5) is 10.6. The first-order valence-corrected chi connectivity index (χ1v) is 7.93. The first-order chi connectivity index (χ1) is 9.18. The van der Waals surface area contributed by atoms with E-state index in [1.807, 2.05) is 0 Å². The molecule has 1 atom stereocenters. The number of aromatic nitrogens is 2. The summed E-state index contributed by atoms with van der Waals surface area (Å²) in [6.07, 6.45) is 5.01. The molecule has 1 unspecified atom stereocenters. The number of nitrogens with zero attached hydrogens (tertiary/aromatic N) is 2. The molecule has 0 radical (unpaired) electrons. The van der Waals surface area contributed by atoms with Crippen molar-refractivity contribution in [3.63, 3.8) is 0 Å². The Kier molecular flexibility index (Phi) is 3.88. The Bertz CT molecular complexity index is 606. The number of nitrogens with one attached hydrogen (secondary N) is 1. The van der Waals surface area contributed by atoms with Crippen LogP contribution in [-0.2, 0) is 21.4 Å². The molecular weight excluding hydrogens is 282 g/mol. The first-order valence-electron chi connectivity index (χ1n) is 6.45. The molecular formula is C12H19N3O4S. The normalized spacial score (nSPS) is 22.0. The number of carbonyl (C=O) groups is 1. The minimum atomic E-state index is -3.64. The highest BCUT2D eigenvalue weighted by atomic mass is 32.2. The third-order valence-electron chi connectivity index (χ3n) is 3.51. The van der Waals surface area contributed by atoms with Gasteiger partial charge >= 0.3 is 5.97 Å². The Labute approximate surface area is 118 Å². The lowest BCUT2D eigenvalue weighted by Gasteiger charge is -2.17. The molecule has 0 aliphatic heterocycles. The molecule has 20 heavy (non-hydrogen) atoms. The molecule has 7 nitrogen and oxygen atoms in total. The molecule has 1 aliphatic rings. The van der Waals surface area contributed by atoms with Crippen molar-refractivity contribution < 1.29 is 18.3 Å². The van der Waals surface area contributed by atoms with Gasteiger partial charge in [-0.2, -0.15) is 5.10 Å². The minimum Gasteiger partial charge on any atom is -0.480 e. The molecule has 1 aliphatic carbocycles. The predicted octanol–water partition coefficient (Wildman–Crippen LogP) is 0.825. The van der Waals surface area contributed by atoms with Crippen LogP contribution in [0.2, 0.25) is 0 Å². The fourth-order valence-corrected chi connectivity index (χ4v) is 3.76. The molecule has 1 saturated carbocycles. The SMILES string of the molecule is CC1(C)CCC(NS(=O)(=O)c2cnn(CC(=O)O)c2)C1. The van der Waals surface area contributed by atoms with E-state index in [0.717, 1.165) is 23.9 Å². The van der Waals surface area contributed by atoms with Crippen molar-refractivity contribution >= 4 is 16.0 Å². The number of sulfonamides is 1. The molecule has 0 amide bonds. The highest BCUT2D eigenvalue weighted by molar-refractivity contribution is 7.89. The smallest absolute Gasteiger partial charge is 0.325 e. The van der Waals surface area contributed by atoms with E-state index in [-0.39, 0.29) is 22.9 Å². The standard InChI is InChI=1S/C12H19N3O4S/c1-12(2)4-3-9(5-12)14-20(18,19)10-6-13-15(7-10)8-11(16)17/h6-7,9,14H,3-5,8H2,1-2H3,(H,16,17). The number of aliphatic carboxylic acids is 1. The van der Waals surface area contributed by atoms with Gasteiger partial charge < -0.3 is 5.11 Å². The van der Waals surface area contributed by atoms with Crippen LogP contribution in [0, 0.1) is 5.41 Å². The average Bonchev–Trinajstić information content (AvgIpc) is 2.84. The zero-order chi connectivity index (χ0) is 15.0. The Hall–Kier alpha value is -1.41. The van der Waals surface area contributed by atoms with Crippen molar-refractivity contribution in [3.05, 3.63) is 12.4 Å². The summed E-state index contributed by atoms with van der Waals surface area (Å²) in [7, 11) is -3.64. The molecule has 0 spiro atoms. The third kappa shape index (κ3) is 3.57. The maximum Gasteiger partial charge on any atom is 0.325 e. The molecule has 0 saturated heterocycles. The fraction of sp³-hybridized carbons (Fsp3) is 0.667. The monoisotopic (exact) mass is 301 g/mol. The second-order valence-electron chi connectivity index (χ2n) is 5.99. The van der Waals surface area contributed by atoms with Crippen LogP contribution in [0.25, 0.3) is 0 Å². The van der Waals surface area contributed by atoms with E-state index in [9.17, 15) is 13.2 Å². The van der Waals surface area contributed by atoms with Gasteiger partial charge in [0.05, 0.1) is 6.20 Å². The topological polar surface area (TPSA) is 101 Å². The maximum absolute atomic E-state index is 12.2. The molecule has 1 aromatic rings. The van der Waals surface area contributed by atoms with Crippen molar-refractivity contribution in [3.8, 4) is 0 Å². The Morgan fingerprint density at radius 3 is 2.85 bits per heavy atom. The predicted molar refractivity (Wildman–Crippen MR) is 71.6 cm³/mol.